The molecule has 0 radical (unpaired) electrons. The Hall–Kier alpha value is -3.90. The highest BCUT2D eigenvalue weighted by Gasteiger charge is 2.20. The fourth-order valence-corrected chi connectivity index (χ4v) is 4.15. The summed E-state index contributed by atoms with van der Waals surface area (Å²) < 4.78 is 5.41. The smallest absolute Gasteiger partial charge is 0.301 e. The van der Waals surface area contributed by atoms with Crippen molar-refractivity contribution in [3.8, 4) is 11.3 Å². The number of ether oxygens (including phenoxy) is 1. The van der Waals surface area contributed by atoms with Gasteiger partial charge in [0.05, 0.1) is 45.9 Å². The molecule has 164 valence electrons. The molecule has 3 aromatic rings. The van der Waals surface area contributed by atoms with E-state index in [1.165, 1.54) is 23.5 Å². The Kier molecular flexibility index (Phi) is 6.33. The number of thiazole rings is 1. The van der Waals surface area contributed by atoms with Crippen LogP contribution in [-0.2, 0) is 4.74 Å². The average molecular weight is 454 g/mol. The van der Waals surface area contributed by atoms with Gasteiger partial charge in [0, 0.05) is 24.7 Å². The van der Waals surface area contributed by atoms with Crippen molar-refractivity contribution in [2.45, 2.75) is 0 Å². The second-order valence-corrected chi connectivity index (χ2v) is 7.77. The van der Waals surface area contributed by atoms with Crippen LogP contribution < -0.4 is 10.3 Å². The van der Waals surface area contributed by atoms with Crippen molar-refractivity contribution in [3.05, 3.63) is 73.6 Å². The largest absolute Gasteiger partial charge is 0.378 e. The first-order valence-corrected chi connectivity index (χ1v) is 10.5. The number of hydrogen-bond donors (Lipinski definition) is 1. The first kappa shape index (κ1) is 21.3. The molecule has 32 heavy (non-hydrogen) atoms. The molecule has 0 bridgehead atoms. The predicted octanol–water partition coefficient (Wildman–Crippen LogP) is 3.91. The molecule has 1 N–H and O–H groups in total. The zero-order chi connectivity index (χ0) is 22.5. The summed E-state index contributed by atoms with van der Waals surface area (Å²) >= 11 is 1.46. The lowest BCUT2D eigenvalue weighted by atomic mass is 10.1. The monoisotopic (exact) mass is 454 g/mol. The van der Waals surface area contributed by atoms with E-state index < -0.39 is 15.5 Å². The number of anilines is 2. The van der Waals surface area contributed by atoms with Crippen LogP contribution in [0.5, 0.6) is 0 Å². The maximum absolute atomic E-state index is 11.3. The van der Waals surface area contributed by atoms with Gasteiger partial charge in [-0.15, -0.1) is 0 Å². The third kappa shape index (κ3) is 4.71. The lowest BCUT2D eigenvalue weighted by molar-refractivity contribution is -0.393. The number of nitro groups is 2. The van der Waals surface area contributed by atoms with E-state index in [2.05, 4.69) is 15.4 Å². The van der Waals surface area contributed by atoms with Gasteiger partial charge in [0.2, 0.25) is 0 Å². The maximum atomic E-state index is 11.3. The number of hydrazone groups is 1. The molecule has 12 heteroatoms. The molecule has 2 heterocycles. The highest BCUT2D eigenvalue weighted by Crippen LogP contribution is 2.33. The first-order chi connectivity index (χ1) is 15.5. The molecule has 1 aliphatic heterocycles. The van der Waals surface area contributed by atoms with Crippen molar-refractivity contribution < 1.29 is 14.6 Å². The van der Waals surface area contributed by atoms with Crippen LogP contribution >= 0.6 is 11.3 Å². The Labute approximate surface area is 186 Å². The van der Waals surface area contributed by atoms with E-state index in [4.69, 9.17) is 9.72 Å². The molecule has 0 aliphatic carbocycles. The minimum Gasteiger partial charge on any atom is -0.378 e. The molecule has 1 fully saturated rings. The molecule has 4 rings (SSSR count). The molecule has 0 unspecified atom stereocenters. The Morgan fingerprint density at radius 2 is 1.84 bits per heavy atom. The quantitative estimate of drug-likeness (QED) is 0.322. The van der Waals surface area contributed by atoms with Crippen LogP contribution in [0.1, 0.15) is 4.88 Å². The highest BCUT2D eigenvalue weighted by molar-refractivity contribution is 7.17. The van der Waals surface area contributed by atoms with Gasteiger partial charge in [-0.25, -0.2) is 4.98 Å². The number of nitrogens with one attached hydrogen (secondary N) is 1. The minimum absolute atomic E-state index is 0.0519. The number of nitrogens with zero attached hydrogens (tertiary/aromatic N) is 5. The SMILES string of the molecule is O=[N+]([O-])c1ccc(N/N=C\c2sc(N3CCOCC3)nc2-c2ccccc2)c([N+](=O)[O-])c1. The molecule has 0 atom stereocenters. The van der Waals surface area contributed by atoms with Crippen LogP contribution in [0.25, 0.3) is 11.3 Å². The van der Waals surface area contributed by atoms with Gasteiger partial charge in [0.1, 0.15) is 5.69 Å². The van der Waals surface area contributed by atoms with E-state index in [-0.39, 0.29) is 11.4 Å². The molecule has 1 aliphatic rings. The van der Waals surface area contributed by atoms with Gasteiger partial charge in [-0.1, -0.05) is 41.7 Å². The highest BCUT2D eigenvalue weighted by atomic mass is 32.1. The van der Waals surface area contributed by atoms with Crippen molar-refractivity contribution in [3.63, 3.8) is 0 Å². The average Bonchev–Trinajstić information content (AvgIpc) is 3.24. The number of morpholine rings is 1. The second-order valence-electron chi connectivity index (χ2n) is 6.76. The topological polar surface area (TPSA) is 136 Å². The molecular weight excluding hydrogens is 436 g/mol. The predicted molar refractivity (Wildman–Crippen MR) is 122 cm³/mol. The zero-order valence-electron chi connectivity index (χ0n) is 16.7. The number of nitro benzene ring substituents is 2. The standard InChI is InChI=1S/C20H18N6O5S/c27-25(28)15-6-7-16(17(12-15)26(29)30)23-21-13-18-19(14-4-2-1-3-5-14)22-20(32-18)24-8-10-31-11-9-24/h1-7,12-13,23H,8-11H2/b21-13-. The van der Waals surface area contributed by atoms with Gasteiger partial charge in [0.15, 0.2) is 5.13 Å². The van der Waals surface area contributed by atoms with Crippen LogP contribution in [0.2, 0.25) is 0 Å². The molecule has 0 amide bonds. The minimum atomic E-state index is -0.691. The zero-order valence-corrected chi connectivity index (χ0v) is 17.5. The third-order valence-corrected chi connectivity index (χ3v) is 5.78. The van der Waals surface area contributed by atoms with Gasteiger partial charge in [-0.3, -0.25) is 25.7 Å². The summed E-state index contributed by atoms with van der Waals surface area (Å²) in [6.07, 6.45) is 1.55. The summed E-state index contributed by atoms with van der Waals surface area (Å²) in [5, 5.41) is 27.2. The van der Waals surface area contributed by atoms with Crippen LogP contribution in [0.15, 0.2) is 53.6 Å². The van der Waals surface area contributed by atoms with Crippen molar-refractivity contribution >= 4 is 39.7 Å². The van der Waals surface area contributed by atoms with Crippen LogP contribution in [0, 0.1) is 20.2 Å². The molecule has 2 aromatic carbocycles. The second kappa shape index (κ2) is 9.49. The molecule has 0 spiro atoms. The van der Waals surface area contributed by atoms with Crippen LogP contribution in [0.4, 0.5) is 22.2 Å². The van der Waals surface area contributed by atoms with E-state index in [1.807, 2.05) is 30.3 Å². The Bertz CT molecular complexity index is 1160. The van der Waals surface area contributed by atoms with Gasteiger partial charge in [-0.05, 0) is 6.07 Å². The molecule has 1 saturated heterocycles. The summed E-state index contributed by atoms with van der Waals surface area (Å²) in [4.78, 5) is 28.6. The van der Waals surface area contributed by atoms with Crippen molar-refractivity contribution in [2.24, 2.45) is 5.10 Å². The number of non-ortho nitro benzene ring substituents is 1. The normalized spacial score (nSPS) is 13.9. The summed E-state index contributed by atoms with van der Waals surface area (Å²) in [7, 11) is 0. The number of aromatic nitrogens is 1. The summed E-state index contributed by atoms with van der Waals surface area (Å²) in [6.45, 7) is 2.75. The van der Waals surface area contributed by atoms with E-state index in [0.717, 1.165) is 40.4 Å². The van der Waals surface area contributed by atoms with E-state index in [1.54, 1.807) is 6.21 Å². The summed E-state index contributed by atoms with van der Waals surface area (Å²) in [5.41, 5.74) is 3.55. The van der Waals surface area contributed by atoms with Gasteiger partial charge in [0.25, 0.3) is 5.69 Å². The molecular formula is C20H18N6O5S. The fraction of sp³-hybridized carbons (Fsp3) is 0.200. The van der Waals surface area contributed by atoms with Crippen LogP contribution in [0.3, 0.4) is 0 Å². The van der Waals surface area contributed by atoms with Crippen LogP contribution in [-0.4, -0.2) is 47.3 Å². The number of benzene rings is 2. The maximum Gasteiger partial charge on any atom is 0.301 e. The fourth-order valence-electron chi connectivity index (χ4n) is 3.14. The Balaban J connectivity index is 1.63. The number of hydrogen-bond acceptors (Lipinski definition) is 10. The van der Waals surface area contributed by atoms with Crippen molar-refractivity contribution in [2.75, 3.05) is 36.6 Å². The van der Waals surface area contributed by atoms with Gasteiger partial charge < -0.3 is 9.64 Å². The van der Waals surface area contributed by atoms with Crippen molar-refractivity contribution in [1.82, 2.24) is 4.98 Å². The molecule has 1 aromatic heterocycles. The van der Waals surface area contributed by atoms with E-state index >= 15 is 0 Å². The number of rotatable bonds is 7. The van der Waals surface area contributed by atoms with E-state index in [9.17, 15) is 20.2 Å². The Morgan fingerprint density at radius 3 is 2.53 bits per heavy atom. The third-order valence-electron chi connectivity index (χ3n) is 4.73. The first-order valence-electron chi connectivity index (χ1n) is 9.64. The van der Waals surface area contributed by atoms with Crippen molar-refractivity contribution in [1.29, 1.82) is 0 Å². The lowest BCUT2D eigenvalue weighted by Gasteiger charge is -2.26. The summed E-state index contributed by atoms with van der Waals surface area (Å²) in [6, 6.07) is 13.0. The Morgan fingerprint density at radius 1 is 1.09 bits per heavy atom. The summed E-state index contributed by atoms with van der Waals surface area (Å²) in [5.74, 6) is 0. The molecule has 0 saturated carbocycles. The molecule has 11 nitrogen and oxygen atoms in total. The van der Waals surface area contributed by atoms with E-state index in [0.29, 0.717) is 13.2 Å². The lowest BCUT2D eigenvalue weighted by Crippen LogP contribution is -2.36. The van der Waals surface area contributed by atoms with Gasteiger partial charge in [-0.2, -0.15) is 5.10 Å². The van der Waals surface area contributed by atoms with Gasteiger partial charge >= 0.3 is 5.69 Å².